The van der Waals surface area contributed by atoms with Gasteiger partial charge < -0.3 is 15.4 Å². The van der Waals surface area contributed by atoms with Crippen molar-refractivity contribution in [3.63, 3.8) is 0 Å². The molecule has 2 aliphatic heterocycles. The average molecular weight is 523 g/mol. The van der Waals surface area contributed by atoms with E-state index in [1.54, 1.807) is 6.20 Å². The van der Waals surface area contributed by atoms with Crippen LogP contribution in [0.25, 0.3) is 11.3 Å². The first kappa shape index (κ1) is 25.9. The van der Waals surface area contributed by atoms with Crippen LogP contribution < -0.4 is 10.6 Å². The molecule has 2 aromatic rings. The number of ether oxygens (including phenoxy) is 1. The molecule has 0 bridgehead atoms. The predicted molar refractivity (Wildman–Crippen MR) is 143 cm³/mol. The Morgan fingerprint density at radius 3 is 2.81 bits per heavy atom. The molecule has 3 aliphatic rings. The molecule has 0 radical (unpaired) electrons. The van der Waals surface area contributed by atoms with Crippen molar-refractivity contribution in [3.8, 4) is 17.3 Å². The van der Waals surface area contributed by atoms with Crippen molar-refractivity contribution in [1.29, 1.82) is 5.26 Å². The van der Waals surface area contributed by atoms with Crippen LogP contribution in [0.3, 0.4) is 0 Å². The smallest absolute Gasteiger partial charge is 0.234 e. The first-order valence-corrected chi connectivity index (χ1v) is 13.8. The number of amides is 1. The lowest BCUT2D eigenvalue weighted by atomic mass is 9.82. The van der Waals surface area contributed by atoms with Crippen molar-refractivity contribution in [2.24, 2.45) is 11.3 Å². The molecule has 5 rings (SSSR count). The van der Waals surface area contributed by atoms with Crippen LogP contribution in [0.4, 0.5) is 5.82 Å². The van der Waals surface area contributed by atoms with E-state index in [4.69, 9.17) is 21.3 Å². The summed E-state index contributed by atoms with van der Waals surface area (Å²) in [7, 11) is 0. The number of anilines is 1. The Morgan fingerprint density at radius 2 is 2.05 bits per heavy atom. The Bertz CT molecular complexity index is 1140. The third-order valence-electron chi connectivity index (χ3n) is 8.13. The van der Waals surface area contributed by atoms with Gasteiger partial charge in [-0.25, -0.2) is 4.98 Å². The number of rotatable bonds is 7. The Kier molecular flexibility index (Phi) is 8.23. The van der Waals surface area contributed by atoms with Crippen molar-refractivity contribution in [3.05, 3.63) is 41.2 Å². The maximum absolute atomic E-state index is 11.8. The van der Waals surface area contributed by atoms with Crippen molar-refractivity contribution < 1.29 is 9.53 Å². The van der Waals surface area contributed by atoms with E-state index in [0.29, 0.717) is 43.3 Å². The third-order valence-corrected chi connectivity index (χ3v) is 8.43. The molecule has 0 unspecified atom stereocenters. The van der Waals surface area contributed by atoms with Gasteiger partial charge in [-0.2, -0.15) is 5.26 Å². The second-order valence-electron chi connectivity index (χ2n) is 10.6. The first-order chi connectivity index (χ1) is 18.0. The van der Waals surface area contributed by atoms with E-state index >= 15 is 0 Å². The number of piperazine rings is 1. The lowest BCUT2D eigenvalue weighted by molar-refractivity contribution is -0.125. The van der Waals surface area contributed by atoms with Gasteiger partial charge in [-0.1, -0.05) is 17.7 Å². The summed E-state index contributed by atoms with van der Waals surface area (Å²) in [6.07, 6.45) is 8.66. The minimum absolute atomic E-state index is 0.146. The molecule has 2 saturated heterocycles. The molecule has 37 heavy (non-hydrogen) atoms. The zero-order valence-electron chi connectivity index (χ0n) is 21.2. The Balaban J connectivity index is 1.21. The van der Waals surface area contributed by atoms with Crippen LogP contribution in [-0.2, 0) is 16.0 Å². The fourth-order valence-corrected chi connectivity index (χ4v) is 6.00. The second kappa shape index (κ2) is 11.8. The van der Waals surface area contributed by atoms with E-state index in [2.05, 4.69) is 32.7 Å². The zero-order chi connectivity index (χ0) is 25.7. The molecule has 8 nitrogen and oxygen atoms in total. The number of hydrogen-bond donors (Lipinski definition) is 2. The molecule has 1 saturated carbocycles. The highest BCUT2D eigenvalue weighted by Crippen LogP contribution is 2.33. The van der Waals surface area contributed by atoms with E-state index in [9.17, 15) is 10.1 Å². The summed E-state index contributed by atoms with van der Waals surface area (Å²) in [5.41, 5.74) is 2.29. The summed E-state index contributed by atoms with van der Waals surface area (Å²) in [6.45, 7) is 4.03. The molecular weight excluding hydrogens is 488 g/mol. The molecule has 4 heterocycles. The molecular formula is C28H35ClN6O2. The molecule has 0 aromatic carbocycles. The minimum Gasteiger partial charge on any atom is -0.381 e. The standard InChI is InChI=1S/C28H35ClN6O2/c29-24-16-32-21(14-20-4-6-22(7-5-20)35-11-10-31-27(36)17-35)15-23(24)25-2-1-3-26(34-25)33-19-28(18-30)8-12-37-13-9-28/h1-3,15-16,20,22H,4-14,17,19H2,(H,31,36)(H,33,34). The third kappa shape index (κ3) is 6.40. The lowest BCUT2D eigenvalue weighted by Gasteiger charge is -2.38. The summed E-state index contributed by atoms with van der Waals surface area (Å²) in [5.74, 6) is 1.46. The summed E-state index contributed by atoms with van der Waals surface area (Å²) in [6, 6.07) is 10.9. The normalized spacial score (nSPS) is 24.2. The highest BCUT2D eigenvalue weighted by atomic mass is 35.5. The number of nitrogens with zero attached hydrogens (tertiary/aromatic N) is 4. The summed E-state index contributed by atoms with van der Waals surface area (Å²) in [5, 5.41) is 16.6. The van der Waals surface area contributed by atoms with E-state index in [-0.39, 0.29) is 5.91 Å². The maximum atomic E-state index is 11.8. The van der Waals surface area contributed by atoms with E-state index in [0.717, 1.165) is 80.8 Å². The number of carbonyl (C=O) groups is 1. The minimum atomic E-state index is -0.420. The quantitative estimate of drug-likeness (QED) is 0.565. The Hall–Kier alpha value is -2.73. The predicted octanol–water partition coefficient (Wildman–Crippen LogP) is 4.06. The maximum Gasteiger partial charge on any atom is 0.234 e. The van der Waals surface area contributed by atoms with E-state index in [1.807, 2.05) is 18.2 Å². The van der Waals surface area contributed by atoms with Crippen LogP contribution in [0.15, 0.2) is 30.5 Å². The van der Waals surface area contributed by atoms with Gasteiger partial charge in [-0.15, -0.1) is 0 Å². The van der Waals surface area contributed by atoms with Crippen LogP contribution in [0, 0.1) is 22.7 Å². The van der Waals surface area contributed by atoms with Gasteiger partial charge in [-0.3, -0.25) is 14.7 Å². The van der Waals surface area contributed by atoms with Gasteiger partial charge in [0.25, 0.3) is 0 Å². The van der Waals surface area contributed by atoms with Crippen LogP contribution in [0.1, 0.15) is 44.2 Å². The fourth-order valence-electron chi connectivity index (χ4n) is 5.80. The molecule has 0 atom stereocenters. The van der Waals surface area contributed by atoms with Crippen LogP contribution in [-0.4, -0.2) is 66.2 Å². The van der Waals surface area contributed by atoms with Crippen LogP contribution in [0.2, 0.25) is 5.02 Å². The summed E-state index contributed by atoms with van der Waals surface area (Å²) < 4.78 is 5.44. The SMILES string of the molecule is N#CC1(CNc2cccc(-c3cc(CC4CCC(N5CCNC(=O)C5)CC4)ncc3Cl)n2)CCOCC1. The zero-order valence-corrected chi connectivity index (χ0v) is 22.0. The second-order valence-corrected chi connectivity index (χ2v) is 11.0. The van der Waals surface area contributed by atoms with Crippen LogP contribution in [0.5, 0.6) is 0 Å². The molecule has 196 valence electrons. The Morgan fingerprint density at radius 1 is 1.24 bits per heavy atom. The fraction of sp³-hybridized carbons (Fsp3) is 0.571. The van der Waals surface area contributed by atoms with Crippen LogP contribution >= 0.6 is 11.6 Å². The summed E-state index contributed by atoms with van der Waals surface area (Å²) in [4.78, 5) is 23.5. The number of carbonyl (C=O) groups excluding carboxylic acids is 1. The number of pyridine rings is 2. The lowest BCUT2D eigenvalue weighted by Crippen LogP contribution is -2.52. The number of aromatic nitrogens is 2. The number of halogens is 1. The van der Waals surface area contributed by atoms with Gasteiger partial charge in [0, 0.05) is 56.3 Å². The number of nitrogens with one attached hydrogen (secondary N) is 2. The molecule has 0 spiro atoms. The van der Waals surface area contributed by atoms with Crippen molar-refractivity contribution in [1.82, 2.24) is 20.2 Å². The van der Waals surface area contributed by atoms with Gasteiger partial charge in [0.05, 0.1) is 28.7 Å². The van der Waals surface area contributed by atoms with Crippen molar-refractivity contribution >= 4 is 23.3 Å². The first-order valence-electron chi connectivity index (χ1n) is 13.4. The van der Waals surface area contributed by atoms with Gasteiger partial charge in [0.2, 0.25) is 5.91 Å². The molecule has 2 aromatic heterocycles. The van der Waals surface area contributed by atoms with Crippen molar-refractivity contribution in [2.45, 2.75) is 51.0 Å². The van der Waals surface area contributed by atoms with E-state index in [1.165, 1.54) is 0 Å². The highest BCUT2D eigenvalue weighted by Gasteiger charge is 2.33. The van der Waals surface area contributed by atoms with Gasteiger partial charge in [0.15, 0.2) is 0 Å². The van der Waals surface area contributed by atoms with E-state index < -0.39 is 5.41 Å². The molecule has 3 fully saturated rings. The Labute approximate surface area is 223 Å². The largest absolute Gasteiger partial charge is 0.381 e. The molecule has 1 amide bonds. The molecule has 9 heteroatoms. The number of hydrogen-bond acceptors (Lipinski definition) is 7. The summed E-state index contributed by atoms with van der Waals surface area (Å²) >= 11 is 6.57. The van der Waals surface area contributed by atoms with Gasteiger partial charge in [0.1, 0.15) is 5.82 Å². The monoisotopic (exact) mass is 522 g/mol. The van der Waals surface area contributed by atoms with Gasteiger partial charge >= 0.3 is 0 Å². The van der Waals surface area contributed by atoms with Gasteiger partial charge in [-0.05, 0) is 69.1 Å². The molecule has 2 N–H and O–H groups in total. The topological polar surface area (TPSA) is 103 Å². The van der Waals surface area contributed by atoms with Crippen molar-refractivity contribution in [2.75, 3.05) is 44.7 Å². The highest BCUT2D eigenvalue weighted by molar-refractivity contribution is 6.33. The average Bonchev–Trinajstić information content (AvgIpc) is 2.94. The molecule has 1 aliphatic carbocycles. The number of nitriles is 1.